The molecule has 2 aliphatic carbocycles. The van der Waals surface area contributed by atoms with Gasteiger partial charge < -0.3 is 14.2 Å². The summed E-state index contributed by atoms with van der Waals surface area (Å²) < 4.78 is 12.1. The van der Waals surface area contributed by atoms with Gasteiger partial charge in [0.1, 0.15) is 5.75 Å². The van der Waals surface area contributed by atoms with E-state index in [2.05, 4.69) is 47.3 Å². The number of allylic oxidation sites excluding steroid dienone is 1. The predicted octanol–water partition coefficient (Wildman–Crippen LogP) is 5.33. The molecule has 1 aromatic heterocycles. The molecule has 5 rings (SSSR count). The van der Waals surface area contributed by atoms with Crippen LogP contribution in [0.5, 0.6) is 5.75 Å². The molecule has 0 unspecified atom stereocenters. The van der Waals surface area contributed by atoms with Gasteiger partial charge >= 0.3 is 0 Å². The Labute approximate surface area is 203 Å². The maximum absolute atomic E-state index is 9.32. The molecule has 0 radical (unpaired) electrons. The molecule has 0 bridgehead atoms. The normalized spacial score (nSPS) is 19.9. The fourth-order valence-electron chi connectivity index (χ4n) is 5.52. The third-order valence-electron chi connectivity index (χ3n) is 7.80. The van der Waals surface area contributed by atoms with Crippen LogP contribution in [0.2, 0.25) is 0 Å². The summed E-state index contributed by atoms with van der Waals surface area (Å²) in [4.78, 5) is 4.71. The molecular formula is C28H38N4O2. The van der Waals surface area contributed by atoms with Crippen LogP contribution in [-0.4, -0.2) is 55.3 Å². The Morgan fingerprint density at radius 1 is 1.15 bits per heavy atom. The molecule has 3 aliphatic rings. The average Bonchev–Trinajstić information content (AvgIpc) is 3.40. The van der Waals surface area contributed by atoms with E-state index in [0.29, 0.717) is 0 Å². The molecule has 2 heterocycles. The van der Waals surface area contributed by atoms with Gasteiger partial charge in [0.2, 0.25) is 0 Å². The van der Waals surface area contributed by atoms with Crippen molar-refractivity contribution in [2.24, 2.45) is 11.8 Å². The van der Waals surface area contributed by atoms with E-state index in [0.717, 1.165) is 110 Å². The molecule has 1 aromatic carbocycles. The third kappa shape index (κ3) is 5.47. The molecule has 1 saturated heterocycles. The number of ether oxygens (including phenoxy) is 1. The van der Waals surface area contributed by atoms with Crippen LogP contribution in [0.4, 0.5) is 0 Å². The lowest BCUT2D eigenvalue weighted by molar-refractivity contribution is 0.190. The second-order valence-corrected chi connectivity index (χ2v) is 10.8. The summed E-state index contributed by atoms with van der Waals surface area (Å²) in [5, 5.41) is 15.0. The Morgan fingerprint density at radius 2 is 1.97 bits per heavy atom. The van der Waals surface area contributed by atoms with Gasteiger partial charge in [-0.25, -0.2) is 0 Å². The largest absolute Gasteiger partial charge is 0.493 e. The lowest BCUT2D eigenvalue weighted by atomic mass is 9.90. The van der Waals surface area contributed by atoms with E-state index in [1.807, 2.05) is 0 Å². The molecule has 2 aromatic rings. The molecule has 0 amide bonds. The molecule has 2 fully saturated rings. The first-order valence-electron chi connectivity index (χ1n) is 13.1. The molecular weight excluding hydrogens is 424 g/mol. The molecule has 6 heteroatoms. The number of aromatic nitrogens is 1. The number of nitrogens with zero attached hydrogens (tertiary/aromatic N) is 4. The minimum atomic E-state index is 0.725. The van der Waals surface area contributed by atoms with E-state index >= 15 is 0 Å². The Bertz CT molecular complexity index is 1070. The number of aryl methyl sites for hydroxylation is 1. The summed E-state index contributed by atoms with van der Waals surface area (Å²) in [5.74, 6) is 2.40. The minimum Gasteiger partial charge on any atom is -0.493 e. The van der Waals surface area contributed by atoms with Crippen LogP contribution in [-0.2, 0) is 13.0 Å². The van der Waals surface area contributed by atoms with Gasteiger partial charge in [-0.2, -0.15) is 5.26 Å². The highest BCUT2D eigenvalue weighted by molar-refractivity contribution is 5.84. The fourth-order valence-corrected chi connectivity index (χ4v) is 5.52. The molecule has 34 heavy (non-hydrogen) atoms. The maximum atomic E-state index is 9.32. The van der Waals surface area contributed by atoms with E-state index in [9.17, 15) is 5.26 Å². The summed E-state index contributed by atoms with van der Waals surface area (Å²) in [6, 6.07) is 6.69. The minimum absolute atomic E-state index is 0.725. The Morgan fingerprint density at radius 3 is 2.71 bits per heavy atom. The van der Waals surface area contributed by atoms with Gasteiger partial charge in [-0.15, -0.1) is 0 Å². The van der Waals surface area contributed by atoms with E-state index < -0.39 is 0 Å². The number of rotatable bonds is 10. The Hall–Kier alpha value is -2.36. The number of fused-ring (bicyclic) bond motifs is 1. The van der Waals surface area contributed by atoms with Crippen molar-refractivity contribution in [1.82, 2.24) is 15.0 Å². The van der Waals surface area contributed by atoms with Gasteiger partial charge in [0.15, 0.2) is 5.58 Å². The van der Waals surface area contributed by atoms with Crippen molar-refractivity contribution >= 4 is 11.0 Å². The Balaban J connectivity index is 1.19. The predicted molar refractivity (Wildman–Crippen MR) is 134 cm³/mol. The van der Waals surface area contributed by atoms with Crippen molar-refractivity contribution < 1.29 is 9.26 Å². The summed E-state index contributed by atoms with van der Waals surface area (Å²) >= 11 is 0. The molecule has 0 N–H and O–H groups in total. The third-order valence-corrected chi connectivity index (χ3v) is 7.80. The molecule has 1 saturated carbocycles. The average molecular weight is 463 g/mol. The topological polar surface area (TPSA) is 65.5 Å². The highest BCUT2D eigenvalue weighted by atomic mass is 16.5. The van der Waals surface area contributed by atoms with E-state index in [1.165, 1.54) is 31.3 Å². The van der Waals surface area contributed by atoms with E-state index in [-0.39, 0.29) is 0 Å². The van der Waals surface area contributed by atoms with Crippen molar-refractivity contribution in [3.8, 4) is 11.8 Å². The lowest BCUT2D eigenvalue weighted by Gasteiger charge is -2.32. The summed E-state index contributed by atoms with van der Waals surface area (Å²) in [6.07, 6.45) is 10.4. The van der Waals surface area contributed by atoms with Gasteiger partial charge in [-0.05, 0) is 115 Å². The maximum Gasteiger partial charge on any atom is 0.175 e. The monoisotopic (exact) mass is 462 g/mol. The number of nitriles is 1. The van der Waals surface area contributed by atoms with Crippen molar-refractivity contribution in [2.75, 3.05) is 40.3 Å². The van der Waals surface area contributed by atoms with Gasteiger partial charge in [-0.3, -0.25) is 4.90 Å². The van der Waals surface area contributed by atoms with Crippen LogP contribution in [0.1, 0.15) is 62.6 Å². The van der Waals surface area contributed by atoms with Crippen molar-refractivity contribution in [2.45, 2.75) is 64.3 Å². The van der Waals surface area contributed by atoms with Gasteiger partial charge in [0.05, 0.1) is 23.9 Å². The molecule has 182 valence electrons. The first kappa shape index (κ1) is 23.4. The van der Waals surface area contributed by atoms with Crippen LogP contribution in [0.3, 0.4) is 0 Å². The highest BCUT2D eigenvalue weighted by Gasteiger charge is 2.25. The SMILES string of the molecule is CN(C)Cc1c(OCC2CC2)ccc2c(CCC3CCN(CC4=C(C#N)CCC4)CC3)noc12. The number of hydrogen-bond acceptors (Lipinski definition) is 6. The zero-order valence-corrected chi connectivity index (χ0v) is 20.8. The van der Waals surface area contributed by atoms with Crippen molar-refractivity contribution in [3.05, 3.63) is 34.5 Å². The quantitative estimate of drug-likeness (QED) is 0.476. The highest BCUT2D eigenvalue weighted by Crippen LogP contribution is 2.35. The Kier molecular flexibility index (Phi) is 7.22. The molecule has 1 aliphatic heterocycles. The summed E-state index contributed by atoms with van der Waals surface area (Å²) in [5.41, 5.74) is 5.54. The first-order valence-corrected chi connectivity index (χ1v) is 13.1. The van der Waals surface area contributed by atoms with Crippen LogP contribution >= 0.6 is 0 Å². The molecule has 0 atom stereocenters. The zero-order chi connectivity index (χ0) is 23.5. The lowest BCUT2D eigenvalue weighted by Crippen LogP contribution is -2.35. The van der Waals surface area contributed by atoms with Crippen molar-refractivity contribution in [1.29, 1.82) is 5.26 Å². The number of likely N-dealkylation sites (tertiary alicyclic amines) is 1. The standard InChI is InChI=1S/C28H38N4O2/c1-31(2)18-25-27(33-19-21-6-7-21)11-9-24-26(30-34-28(24)25)10-8-20-12-14-32(15-13-20)17-23-5-3-4-22(23)16-29/h9,11,20-21H,3-8,10,12-15,17-19H2,1-2H3. The number of piperidine rings is 1. The van der Waals surface area contributed by atoms with Gasteiger partial charge in [0, 0.05) is 24.0 Å². The summed E-state index contributed by atoms with van der Waals surface area (Å²) in [6.45, 7) is 4.88. The van der Waals surface area contributed by atoms with E-state index in [4.69, 9.17) is 9.26 Å². The molecule has 6 nitrogen and oxygen atoms in total. The van der Waals surface area contributed by atoms with Crippen molar-refractivity contribution in [3.63, 3.8) is 0 Å². The van der Waals surface area contributed by atoms with Gasteiger partial charge in [-0.1, -0.05) is 5.16 Å². The van der Waals surface area contributed by atoms with Gasteiger partial charge in [0.25, 0.3) is 0 Å². The number of hydrogen-bond donors (Lipinski definition) is 0. The van der Waals surface area contributed by atoms with E-state index in [1.54, 1.807) is 0 Å². The second-order valence-electron chi connectivity index (χ2n) is 10.8. The first-order chi connectivity index (χ1) is 16.6. The van der Waals surface area contributed by atoms with Crippen LogP contribution < -0.4 is 4.74 Å². The van der Waals surface area contributed by atoms with Crippen LogP contribution in [0.25, 0.3) is 11.0 Å². The second kappa shape index (κ2) is 10.5. The smallest absolute Gasteiger partial charge is 0.175 e. The fraction of sp³-hybridized carbons (Fsp3) is 0.643. The van der Waals surface area contributed by atoms with Crippen LogP contribution in [0.15, 0.2) is 27.8 Å². The van der Waals surface area contributed by atoms with Crippen LogP contribution in [0, 0.1) is 23.2 Å². The summed E-state index contributed by atoms with van der Waals surface area (Å²) in [7, 11) is 4.16. The zero-order valence-electron chi connectivity index (χ0n) is 20.8. The molecule has 0 spiro atoms. The number of benzene rings is 1.